The predicted molar refractivity (Wildman–Crippen MR) is 115 cm³/mol. The highest BCUT2D eigenvalue weighted by Crippen LogP contribution is 2.37. The van der Waals surface area contributed by atoms with Gasteiger partial charge in [-0.2, -0.15) is 5.26 Å². The molecular weight excluding hydrogens is 438 g/mol. The van der Waals surface area contributed by atoms with Crippen molar-refractivity contribution in [3.05, 3.63) is 84.9 Å². The molecule has 0 spiro atoms. The first-order valence-corrected chi connectivity index (χ1v) is 10.1. The van der Waals surface area contributed by atoms with Crippen molar-refractivity contribution in [2.75, 3.05) is 11.1 Å². The summed E-state index contributed by atoms with van der Waals surface area (Å²) in [5.41, 5.74) is 0.213. The van der Waals surface area contributed by atoms with Crippen LogP contribution in [0.1, 0.15) is 17.9 Å². The van der Waals surface area contributed by atoms with Gasteiger partial charge in [0.2, 0.25) is 11.8 Å². The lowest BCUT2D eigenvalue weighted by Gasteiger charge is -2.24. The van der Waals surface area contributed by atoms with Crippen LogP contribution in [-0.4, -0.2) is 27.4 Å². The number of carbonyl (C=O) groups excluding carboxylic acids is 2. The number of nitrogens with one attached hydrogen (secondary N) is 2. The third-order valence-corrected chi connectivity index (χ3v) is 5.58. The topological polar surface area (TPSA) is 168 Å². The number of nitrogens with zero attached hydrogens (tertiary/aromatic N) is 3. The standard InChI is InChI=1S/C20H15N5O6S/c21-10-15-14(12-4-3-5-13(8-12)24(28)29)9-18(26)23-20(15)32-11-19(27)22-16-6-1-2-7-17(16)25(30)31/h1-8,14H,9,11H2,(H,22,27)(H,23,26)/t14-/m0/s1. The number of nitro groups is 2. The highest BCUT2D eigenvalue weighted by atomic mass is 32.2. The number of non-ortho nitro benzene ring substituents is 1. The molecule has 2 aromatic rings. The van der Waals surface area contributed by atoms with Gasteiger partial charge in [-0.3, -0.25) is 29.8 Å². The van der Waals surface area contributed by atoms with Crippen molar-refractivity contribution in [1.82, 2.24) is 5.32 Å². The number of allylic oxidation sites excluding steroid dienone is 1. The van der Waals surface area contributed by atoms with E-state index in [4.69, 9.17) is 0 Å². The molecule has 11 nitrogen and oxygen atoms in total. The number of rotatable bonds is 7. The van der Waals surface area contributed by atoms with Crippen molar-refractivity contribution < 1.29 is 19.4 Å². The molecule has 0 aliphatic carbocycles. The van der Waals surface area contributed by atoms with Crippen molar-refractivity contribution in [3.8, 4) is 6.07 Å². The molecule has 1 heterocycles. The van der Waals surface area contributed by atoms with Crippen molar-refractivity contribution in [2.45, 2.75) is 12.3 Å². The molecule has 0 bridgehead atoms. The number of amides is 2. The van der Waals surface area contributed by atoms with Crippen LogP contribution in [0.25, 0.3) is 0 Å². The number of hydrogen-bond donors (Lipinski definition) is 2. The zero-order valence-electron chi connectivity index (χ0n) is 16.3. The lowest BCUT2D eigenvalue weighted by molar-refractivity contribution is -0.385. The van der Waals surface area contributed by atoms with Crippen LogP contribution in [0.4, 0.5) is 17.1 Å². The molecule has 0 saturated heterocycles. The Morgan fingerprint density at radius 1 is 1.19 bits per heavy atom. The molecule has 2 amide bonds. The van der Waals surface area contributed by atoms with Crippen molar-refractivity contribution in [2.24, 2.45) is 0 Å². The van der Waals surface area contributed by atoms with Crippen LogP contribution < -0.4 is 10.6 Å². The predicted octanol–water partition coefficient (Wildman–Crippen LogP) is 3.21. The van der Waals surface area contributed by atoms with E-state index >= 15 is 0 Å². The maximum atomic E-state index is 12.3. The minimum Gasteiger partial charge on any atom is -0.320 e. The number of anilines is 1. The van der Waals surface area contributed by atoms with Gasteiger partial charge in [-0.05, 0) is 11.6 Å². The SMILES string of the molecule is N#CC1=C(SCC(=O)Nc2ccccc2[N+](=O)[O-])NC(=O)C[C@H]1c1cccc([N+](=O)[O-])c1. The molecule has 0 aromatic heterocycles. The summed E-state index contributed by atoms with van der Waals surface area (Å²) in [6.07, 6.45) is -0.0729. The number of benzene rings is 2. The summed E-state index contributed by atoms with van der Waals surface area (Å²) in [4.78, 5) is 45.5. The van der Waals surface area contributed by atoms with Gasteiger partial charge in [0.25, 0.3) is 11.4 Å². The van der Waals surface area contributed by atoms with Gasteiger partial charge in [-0.1, -0.05) is 36.0 Å². The zero-order chi connectivity index (χ0) is 23.3. The second-order valence-corrected chi connectivity index (χ2v) is 7.61. The van der Waals surface area contributed by atoms with E-state index in [1.165, 1.54) is 42.5 Å². The number of thioether (sulfide) groups is 1. The fourth-order valence-corrected chi connectivity index (χ4v) is 4.01. The minimum atomic E-state index is -0.700. The van der Waals surface area contributed by atoms with Gasteiger partial charge in [0.1, 0.15) is 5.69 Å². The zero-order valence-corrected chi connectivity index (χ0v) is 17.1. The normalized spacial score (nSPS) is 15.5. The number of hydrogen-bond acceptors (Lipinski definition) is 8. The number of nitro benzene ring substituents is 2. The summed E-state index contributed by atoms with van der Waals surface area (Å²) < 4.78 is 0. The van der Waals surface area contributed by atoms with Crippen LogP contribution in [-0.2, 0) is 9.59 Å². The van der Waals surface area contributed by atoms with Gasteiger partial charge in [0, 0.05) is 30.5 Å². The van der Waals surface area contributed by atoms with Crippen LogP contribution in [0.5, 0.6) is 0 Å². The molecular formula is C20H15N5O6S. The van der Waals surface area contributed by atoms with Crippen molar-refractivity contribution >= 4 is 40.6 Å². The van der Waals surface area contributed by atoms with Crippen molar-refractivity contribution in [1.29, 1.82) is 5.26 Å². The summed E-state index contributed by atoms with van der Waals surface area (Å²) in [5, 5.41) is 37.0. The van der Waals surface area contributed by atoms with Crippen LogP contribution >= 0.6 is 11.8 Å². The Labute approximate surface area is 185 Å². The maximum absolute atomic E-state index is 12.3. The van der Waals surface area contributed by atoms with Gasteiger partial charge < -0.3 is 10.6 Å². The molecule has 32 heavy (non-hydrogen) atoms. The van der Waals surface area contributed by atoms with E-state index in [1.54, 1.807) is 6.07 Å². The van der Waals surface area contributed by atoms with Crippen LogP contribution in [0.2, 0.25) is 0 Å². The number of carbonyl (C=O) groups is 2. The molecule has 12 heteroatoms. The third kappa shape index (κ3) is 5.08. The first kappa shape index (κ1) is 22.4. The summed E-state index contributed by atoms with van der Waals surface area (Å²) in [6.45, 7) is 0. The van der Waals surface area contributed by atoms with Crippen molar-refractivity contribution in [3.63, 3.8) is 0 Å². The fourth-order valence-electron chi connectivity index (χ4n) is 3.14. The van der Waals surface area contributed by atoms with Crippen LogP contribution in [0, 0.1) is 31.6 Å². The van der Waals surface area contributed by atoms with Gasteiger partial charge in [0.15, 0.2) is 0 Å². The lowest BCUT2D eigenvalue weighted by Crippen LogP contribution is -2.31. The van der Waals surface area contributed by atoms with E-state index in [0.717, 1.165) is 11.8 Å². The molecule has 1 atom stereocenters. The van der Waals surface area contributed by atoms with E-state index in [1.807, 2.05) is 6.07 Å². The Kier molecular flexibility index (Phi) is 6.81. The minimum absolute atomic E-state index is 0.0275. The van der Waals surface area contributed by atoms with Gasteiger partial charge in [-0.25, -0.2) is 0 Å². The first-order chi connectivity index (χ1) is 15.3. The molecule has 162 valence electrons. The van der Waals surface area contributed by atoms with E-state index in [2.05, 4.69) is 10.6 Å². The van der Waals surface area contributed by atoms with E-state index < -0.39 is 27.6 Å². The highest BCUT2D eigenvalue weighted by molar-refractivity contribution is 8.03. The quantitative estimate of drug-likeness (QED) is 0.476. The summed E-state index contributed by atoms with van der Waals surface area (Å²) in [5.74, 6) is -1.90. The van der Waals surface area contributed by atoms with Gasteiger partial charge in [-0.15, -0.1) is 0 Å². The summed E-state index contributed by atoms with van der Waals surface area (Å²) >= 11 is 0.894. The Balaban J connectivity index is 1.80. The lowest BCUT2D eigenvalue weighted by atomic mass is 9.87. The van der Waals surface area contributed by atoms with E-state index in [9.17, 15) is 35.1 Å². The average Bonchev–Trinajstić information content (AvgIpc) is 2.77. The van der Waals surface area contributed by atoms with E-state index in [-0.39, 0.29) is 39.8 Å². The molecule has 0 saturated carbocycles. The Bertz CT molecular complexity index is 1190. The van der Waals surface area contributed by atoms with Crippen LogP contribution in [0.3, 0.4) is 0 Å². The number of nitriles is 1. The highest BCUT2D eigenvalue weighted by Gasteiger charge is 2.30. The van der Waals surface area contributed by atoms with Gasteiger partial charge >= 0.3 is 0 Å². The Morgan fingerprint density at radius 3 is 2.62 bits per heavy atom. The summed E-state index contributed by atoms with van der Waals surface area (Å²) in [6, 6.07) is 13.4. The molecule has 1 aliphatic heterocycles. The Hall–Kier alpha value is -4.24. The largest absolute Gasteiger partial charge is 0.320 e. The average molecular weight is 453 g/mol. The molecule has 3 rings (SSSR count). The second kappa shape index (κ2) is 9.71. The monoisotopic (exact) mass is 453 g/mol. The second-order valence-electron chi connectivity index (χ2n) is 6.62. The smallest absolute Gasteiger partial charge is 0.292 e. The third-order valence-electron chi connectivity index (χ3n) is 4.56. The fraction of sp³-hybridized carbons (Fsp3) is 0.150. The van der Waals surface area contributed by atoms with Gasteiger partial charge in [0.05, 0.1) is 32.3 Å². The molecule has 0 unspecified atom stereocenters. The summed E-state index contributed by atoms with van der Waals surface area (Å²) in [7, 11) is 0. The molecule has 0 fully saturated rings. The molecule has 2 aromatic carbocycles. The number of para-hydroxylation sites is 2. The molecule has 0 radical (unpaired) electrons. The maximum Gasteiger partial charge on any atom is 0.292 e. The first-order valence-electron chi connectivity index (χ1n) is 9.14. The molecule has 2 N–H and O–H groups in total. The van der Waals surface area contributed by atoms with E-state index in [0.29, 0.717) is 5.56 Å². The molecule has 1 aliphatic rings. The van der Waals surface area contributed by atoms with Crippen LogP contribution in [0.15, 0.2) is 59.1 Å². The Morgan fingerprint density at radius 2 is 1.94 bits per heavy atom.